The lowest BCUT2D eigenvalue weighted by atomic mass is 10.2. The summed E-state index contributed by atoms with van der Waals surface area (Å²) in [7, 11) is -0.610. The van der Waals surface area contributed by atoms with Gasteiger partial charge in [-0.25, -0.2) is 12.8 Å². The summed E-state index contributed by atoms with van der Waals surface area (Å²) in [4.78, 5) is 1.59. The number of aliphatic hydroxyl groups is 1. The van der Waals surface area contributed by atoms with Gasteiger partial charge >= 0.3 is 0 Å². The van der Waals surface area contributed by atoms with E-state index < -0.39 is 22.1 Å². The van der Waals surface area contributed by atoms with Crippen LogP contribution in [0.25, 0.3) is 11.0 Å². The van der Waals surface area contributed by atoms with Crippen molar-refractivity contribution in [1.82, 2.24) is 4.72 Å². The molecule has 1 heterocycles. The van der Waals surface area contributed by atoms with Gasteiger partial charge in [-0.05, 0) is 31.2 Å². The van der Waals surface area contributed by atoms with Crippen LogP contribution in [0.2, 0.25) is 0 Å². The first kappa shape index (κ1) is 20.1. The van der Waals surface area contributed by atoms with Crippen LogP contribution in [0, 0.1) is 5.82 Å². The Morgan fingerprint density at radius 3 is 2.64 bits per heavy atom. The minimum absolute atomic E-state index is 0.118. The fourth-order valence-electron chi connectivity index (χ4n) is 2.71. The van der Waals surface area contributed by atoms with E-state index in [-0.39, 0.29) is 34.0 Å². The molecule has 3 rings (SSSR count). The second kappa shape index (κ2) is 7.78. The predicted molar refractivity (Wildman–Crippen MR) is 103 cm³/mol. The Morgan fingerprint density at radius 1 is 1.25 bits per heavy atom. The number of sulfonamides is 1. The van der Waals surface area contributed by atoms with E-state index in [9.17, 15) is 17.9 Å². The van der Waals surface area contributed by atoms with E-state index in [1.807, 2.05) is 0 Å². The third-order valence-electron chi connectivity index (χ3n) is 4.08. The summed E-state index contributed by atoms with van der Waals surface area (Å²) in [5, 5.41) is 10.5. The number of hydrogen-bond acceptors (Lipinski definition) is 6. The fourth-order valence-corrected chi connectivity index (χ4v) is 3.90. The van der Waals surface area contributed by atoms with Crippen LogP contribution in [-0.2, 0) is 10.0 Å². The van der Waals surface area contributed by atoms with Crippen molar-refractivity contribution in [3.05, 3.63) is 54.0 Å². The van der Waals surface area contributed by atoms with Crippen molar-refractivity contribution >= 4 is 26.7 Å². The quantitative estimate of drug-likeness (QED) is 0.584. The zero-order valence-electron chi connectivity index (χ0n) is 15.6. The summed E-state index contributed by atoms with van der Waals surface area (Å²) in [5.74, 6) is -0.494. The van der Waals surface area contributed by atoms with Gasteiger partial charge in [-0.3, -0.25) is 0 Å². The van der Waals surface area contributed by atoms with Crippen molar-refractivity contribution in [2.24, 2.45) is 0 Å². The molecule has 28 heavy (non-hydrogen) atoms. The minimum atomic E-state index is -4.12. The predicted octanol–water partition coefficient (Wildman–Crippen LogP) is 3.01. The maximum Gasteiger partial charge on any atom is 0.246 e. The number of para-hydroxylation sites is 1. The number of benzene rings is 2. The third-order valence-corrected chi connectivity index (χ3v) is 5.53. The number of aliphatic hydroxyl groups excluding tert-OH is 1. The summed E-state index contributed by atoms with van der Waals surface area (Å²) >= 11 is 0. The molecule has 0 amide bonds. The number of rotatable bonds is 7. The van der Waals surface area contributed by atoms with Crippen LogP contribution in [0.3, 0.4) is 0 Å². The van der Waals surface area contributed by atoms with E-state index in [1.54, 1.807) is 44.1 Å². The van der Waals surface area contributed by atoms with Gasteiger partial charge in [0.2, 0.25) is 10.0 Å². The SMILES string of the molecule is CCOc1ccccc1S(=O)(=O)NC(O)c1cc2c(F)cc(N(C)C)cc2o1. The Kier molecular flexibility index (Phi) is 5.59. The summed E-state index contributed by atoms with van der Waals surface area (Å²) in [6.07, 6.45) is -1.70. The van der Waals surface area contributed by atoms with Crippen LogP contribution in [-0.4, -0.2) is 34.2 Å². The van der Waals surface area contributed by atoms with Crippen molar-refractivity contribution in [2.45, 2.75) is 18.0 Å². The Bertz CT molecular complexity index is 1090. The number of furan rings is 1. The van der Waals surface area contributed by atoms with Crippen LogP contribution in [0.5, 0.6) is 5.75 Å². The smallest absolute Gasteiger partial charge is 0.246 e. The largest absolute Gasteiger partial charge is 0.492 e. The van der Waals surface area contributed by atoms with Crippen molar-refractivity contribution < 1.29 is 27.1 Å². The maximum atomic E-state index is 14.3. The molecule has 0 aliphatic heterocycles. The first-order chi connectivity index (χ1) is 13.2. The molecule has 0 aliphatic carbocycles. The Balaban J connectivity index is 1.92. The second-order valence-electron chi connectivity index (χ2n) is 6.29. The molecule has 150 valence electrons. The number of halogens is 1. The zero-order valence-corrected chi connectivity index (χ0v) is 16.5. The molecule has 2 aromatic carbocycles. The van der Waals surface area contributed by atoms with Gasteiger partial charge in [0, 0.05) is 25.8 Å². The molecule has 0 radical (unpaired) electrons. The summed E-state index contributed by atoms with van der Waals surface area (Å²) in [6.45, 7) is 2.02. The average molecular weight is 408 g/mol. The highest BCUT2D eigenvalue weighted by Crippen LogP contribution is 2.30. The molecule has 0 fully saturated rings. The Morgan fingerprint density at radius 2 is 1.96 bits per heavy atom. The van der Waals surface area contributed by atoms with Crippen molar-refractivity contribution in [3.63, 3.8) is 0 Å². The van der Waals surface area contributed by atoms with Gasteiger partial charge in [-0.2, -0.15) is 4.72 Å². The monoisotopic (exact) mass is 408 g/mol. The van der Waals surface area contributed by atoms with E-state index in [1.165, 1.54) is 24.3 Å². The van der Waals surface area contributed by atoms with Crippen LogP contribution >= 0.6 is 0 Å². The molecule has 1 aromatic heterocycles. The molecule has 0 saturated heterocycles. The van der Waals surface area contributed by atoms with Crippen molar-refractivity contribution in [2.75, 3.05) is 25.6 Å². The zero-order chi connectivity index (χ0) is 20.5. The van der Waals surface area contributed by atoms with E-state index >= 15 is 0 Å². The highest BCUT2D eigenvalue weighted by Gasteiger charge is 2.25. The third kappa shape index (κ3) is 3.96. The fraction of sp³-hybridized carbons (Fsp3) is 0.263. The Labute approximate surface area is 162 Å². The van der Waals surface area contributed by atoms with Crippen LogP contribution in [0.15, 0.2) is 51.8 Å². The van der Waals surface area contributed by atoms with Gasteiger partial charge in [-0.15, -0.1) is 0 Å². The Hall–Kier alpha value is -2.62. The van der Waals surface area contributed by atoms with Crippen molar-refractivity contribution in [3.8, 4) is 5.75 Å². The van der Waals surface area contributed by atoms with Gasteiger partial charge in [0.15, 0.2) is 6.23 Å². The molecule has 9 heteroatoms. The molecule has 7 nitrogen and oxygen atoms in total. The van der Waals surface area contributed by atoms with Crippen LogP contribution < -0.4 is 14.4 Å². The first-order valence-electron chi connectivity index (χ1n) is 8.55. The first-order valence-corrected chi connectivity index (χ1v) is 10.0. The highest BCUT2D eigenvalue weighted by atomic mass is 32.2. The van der Waals surface area contributed by atoms with Gasteiger partial charge in [0.25, 0.3) is 0 Å². The number of fused-ring (bicyclic) bond motifs is 1. The number of anilines is 1. The van der Waals surface area contributed by atoms with Gasteiger partial charge in [0.05, 0.1) is 12.0 Å². The standard InChI is InChI=1S/C19H21FN2O5S/c1-4-26-15-7-5-6-8-18(15)28(24,25)21-19(23)17-11-13-14(20)9-12(22(2)3)10-16(13)27-17/h5-11,19,21,23H,4H2,1-3H3. The molecule has 3 aromatic rings. The molecular weight excluding hydrogens is 387 g/mol. The molecule has 0 spiro atoms. The van der Waals surface area contributed by atoms with E-state index in [4.69, 9.17) is 9.15 Å². The summed E-state index contributed by atoms with van der Waals surface area (Å²) in [5.41, 5.74) is 0.776. The number of nitrogens with zero attached hydrogens (tertiary/aromatic N) is 1. The topological polar surface area (TPSA) is 92.0 Å². The van der Waals surface area contributed by atoms with Crippen LogP contribution in [0.1, 0.15) is 18.9 Å². The van der Waals surface area contributed by atoms with E-state index in [2.05, 4.69) is 4.72 Å². The molecule has 0 saturated carbocycles. The average Bonchev–Trinajstić information content (AvgIpc) is 3.07. The normalized spacial score (nSPS) is 12.9. The van der Waals surface area contributed by atoms with Gasteiger partial charge in [-0.1, -0.05) is 12.1 Å². The van der Waals surface area contributed by atoms with E-state index in [0.29, 0.717) is 5.69 Å². The lowest BCUT2D eigenvalue weighted by Crippen LogP contribution is -2.28. The lowest BCUT2D eigenvalue weighted by molar-refractivity contribution is 0.141. The lowest BCUT2D eigenvalue weighted by Gasteiger charge is -2.14. The molecule has 1 unspecified atom stereocenters. The molecule has 0 aliphatic rings. The van der Waals surface area contributed by atoms with Crippen LogP contribution in [0.4, 0.5) is 10.1 Å². The number of hydrogen-bond donors (Lipinski definition) is 2. The van der Waals surface area contributed by atoms with Gasteiger partial charge < -0.3 is 19.2 Å². The summed E-state index contributed by atoms with van der Waals surface area (Å²) < 4.78 is 52.6. The molecule has 0 bridgehead atoms. The molecule has 2 N–H and O–H groups in total. The summed E-state index contributed by atoms with van der Waals surface area (Å²) in [6, 6.07) is 10.3. The molecule has 1 atom stereocenters. The van der Waals surface area contributed by atoms with E-state index in [0.717, 1.165) is 0 Å². The number of nitrogens with one attached hydrogen (secondary N) is 1. The van der Waals surface area contributed by atoms with Crippen molar-refractivity contribution in [1.29, 1.82) is 0 Å². The second-order valence-corrected chi connectivity index (χ2v) is 7.97. The highest BCUT2D eigenvalue weighted by molar-refractivity contribution is 7.89. The van der Waals surface area contributed by atoms with Gasteiger partial charge in [0.1, 0.15) is 27.8 Å². The molecular formula is C19H21FN2O5S. The maximum absolute atomic E-state index is 14.3. The minimum Gasteiger partial charge on any atom is -0.492 e. The number of ether oxygens (including phenoxy) is 1.